The quantitative estimate of drug-likeness (QED) is 0.875. The average molecular weight is 248 g/mol. The van der Waals surface area contributed by atoms with Gasteiger partial charge in [-0.3, -0.25) is 4.90 Å². The summed E-state index contributed by atoms with van der Waals surface area (Å²) in [7, 11) is 2.18. The van der Waals surface area contributed by atoms with E-state index in [-0.39, 0.29) is 12.5 Å². The summed E-state index contributed by atoms with van der Waals surface area (Å²) in [6.07, 6.45) is 0. The zero-order valence-electron chi connectivity index (χ0n) is 11.5. The van der Waals surface area contributed by atoms with Crippen molar-refractivity contribution in [2.75, 3.05) is 39.8 Å². The molecule has 1 aromatic rings. The number of piperazine rings is 1. The highest BCUT2D eigenvalue weighted by Gasteiger charge is 2.13. The van der Waals surface area contributed by atoms with Crippen LogP contribution in [-0.4, -0.2) is 54.7 Å². The van der Waals surface area contributed by atoms with Crippen molar-refractivity contribution < 1.29 is 5.11 Å². The molecule has 1 atom stereocenters. The van der Waals surface area contributed by atoms with Gasteiger partial charge in [-0.15, -0.1) is 0 Å². The molecule has 0 spiro atoms. The number of aliphatic hydroxyl groups excluding tert-OH is 1. The van der Waals surface area contributed by atoms with E-state index < -0.39 is 0 Å². The minimum atomic E-state index is 0.220. The summed E-state index contributed by atoms with van der Waals surface area (Å²) < 4.78 is 0. The number of hydrogen-bond acceptors (Lipinski definition) is 3. The van der Waals surface area contributed by atoms with Crippen LogP contribution in [0.25, 0.3) is 0 Å². The molecule has 0 saturated carbocycles. The second kappa shape index (κ2) is 6.32. The van der Waals surface area contributed by atoms with Crippen LogP contribution in [0.3, 0.4) is 0 Å². The Labute approximate surface area is 110 Å². The van der Waals surface area contributed by atoms with Gasteiger partial charge in [-0.1, -0.05) is 31.2 Å². The number of rotatable bonds is 4. The van der Waals surface area contributed by atoms with Crippen molar-refractivity contribution in [3.8, 4) is 0 Å². The van der Waals surface area contributed by atoms with Crippen molar-refractivity contribution in [2.24, 2.45) is 0 Å². The average Bonchev–Trinajstić information content (AvgIpc) is 2.41. The first-order valence-electron chi connectivity index (χ1n) is 6.79. The zero-order chi connectivity index (χ0) is 13.0. The van der Waals surface area contributed by atoms with Crippen molar-refractivity contribution in [2.45, 2.75) is 19.4 Å². The van der Waals surface area contributed by atoms with Crippen molar-refractivity contribution in [3.05, 3.63) is 35.4 Å². The van der Waals surface area contributed by atoms with Crippen molar-refractivity contribution in [1.29, 1.82) is 0 Å². The van der Waals surface area contributed by atoms with E-state index in [1.54, 1.807) is 0 Å². The predicted octanol–water partition coefficient (Wildman–Crippen LogP) is 1.53. The Morgan fingerprint density at radius 3 is 2.28 bits per heavy atom. The Bertz CT molecular complexity index is 355. The Morgan fingerprint density at radius 2 is 1.72 bits per heavy atom. The Hall–Kier alpha value is -0.900. The van der Waals surface area contributed by atoms with Gasteiger partial charge in [0.05, 0.1) is 0 Å². The van der Waals surface area contributed by atoms with Crippen molar-refractivity contribution >= 4 is 0 Å². The maximum atomic E-state index is 9.13. The minimum absolute atomic E-state index is 0.220. The van der Waals surface area contributed by atoms with Gasteiger partial charge in [0.15, 0.2) is 0 Å². The van der Waals surface area contributed by atoms with Gasteiger partial charge in [0.25, 0.3) is 0 Å². The molecule has 0 radical (unpaired) electrons. The summed E-state index contributed by atoms with van der Waals surface area (Å²) in [6.45, 7) is 7.96. The summed E-state index contributed by atoms with van der Waals surface area (Å²) in [6, 6.07) is 8.68. The molecule has 1 N–H and O–H groups in total. The van der Waals surface area contributed by atoms with Gasteiger partial charge < -0.3 is 10.0 Å². The van der Waals surface area contributed by atoms with Gasteiger partial charge in [0, 0.05) is 45.2 Å². The number of benzene rings is 1. The highest BCUT2D eigenvalue weighted by atomic mass is 16.3. The van der Waals surface area contributed by atoms with Crippen LogP contribution >= 0.6 is 0 Å². The summed E-state index contributed by atoms with van der Waals surface area (Å²) >= 11 is 0. The topological polar surface area (TPSA) is 26.7 Å². The molecule has 0 bridgehead atoms. The molecule has 1 aromatic carbocycles. The molecule has 3 nitrogen and oxygen atoms in total. The molecular weight excluding hydrogens is 224 g/mol. The van der Waals surface area contributed by atoms with Gasteiger partial charge in [-0.2, -0.15) is 0 Å². The van der Waals surface area contributed by atoms with Crippen LogP contribution in [0.1, 0.15) is 24.0 Å². The second-order valence-electron chi connectivity index (χ2n) is 5.40. The van der Waals surface area contributed by atoms with E-state index in [9.17, 15) is 0 Å². The van der Waals surface area contributed by atoms with Crippen LogP contribution in [0.2, 0.25) is 0 Å². The monoisotopic (exact) mass is 248 g/mol. The molecule has 1 aliphatic rings. The fourth-order valence-electron chi connectivity index (χ4n) is 2.32. The minimum Gasteiger partial charge on any atom is -0.396 e. The molecule has 3 heteroatoms. The molecule has 0 amide bonds. The third kappa shape index (κ3) is 3.55. The van der Waals surface area contributed by atoms with Gasteiger partial charge in [-0.25, -0.2) is 0 Å². The normalized spacial score (nSPS) is 19.9. The predicted molar refractivity (Wildman–Crippen MR) is 74.7 cm³/mol. The molecule has 2 rings (SSSR count). The van der Waals surface area contributed by atoms with Crippen molar-refractivity contribution in [3.63, 3.8) is 0 Å². The molecule has 0 aliphatic carbocycles. The lowest BCUT2D eigenvalue weighted by molar-refractivity contribution is 0.148. The molecular formula is C15H24N2O. The lowest BCUT2D eigenvalue weighted by Gasteiger charge is -2.32. The van der Waals surface area contributed by atoms with Crippen LogP contribution in [-0.2, 0) is 6.54 Å². The molecule has 1 fully saturated rings. The van der Waals surface area contributed by atoms with E-state index >= 15 is 0 Å². The van der Waals surface area contributed by atoms with Crippen LogP contribution < -0.4 is 0 Å². The summed E-state index contributed by atoms with van der Waals surface area (Å²) in [5.41, 5.74) is 2.59. The van der Waals surface area contributed by atoms with Gasteiger partial charge in [-0.05, 0) is 18.2 Å². The van der Waals surface area contributed by atoms with Crippen LogP contribution in [0, 0.1) is 0 Å². The first-order chi connectivity index (χ1) is 8.69. The Morgan fingerprint density at radius 1 is 1.11 bits per heavy atom. The molecule has 100 valence electrons. The van der Waals surface area contributed by atoms with Crippen LogP contribution in [0.15, 0.2) is 24.3 Å². The molecule has 1 aliphatic heterocycles. The fourth-order valence-corrected chi connectivity index (χ4v) is 2.32. The SMILES string of the molecule is CC(CO)c1ccc(CN2CCN(C)CC2)cc1. The third-order valence-electron chi connectivity index (χ3n) is 3.82. The zero-order valence-corrected chi connectivity index (χ0v) is 11.5. The van der Waals surface area contributed by atoms with E-state index in [0.717, 1.165) is 19.6 Å². The smallest absolute Gasteiger partial charge is 0.0497 e. The highest BCUT2D eigenvalue weighted by Crippen LogP contribution is 2.16. The molecule has 1 heterocycles. The van der Waals surface area contributed by atoms with Gasteiger partial charge >= 0.3 is 0 Å². The molecule has 18 heavy (non-hydrogen) atoms. The first kappa shape index (κ1) is 13.5. The van der Waals surface area contributed by atoms with Gasteiger partial charge in [0.2, 0.25) is 0 Å². The van der Waals surface area contributed by atoms with E-state index in [2.05, 4.69) is 48.0 Å². The van der Waals surface area contributed by atoms with E-state index in [1.807, 2.05) is 0 Å². The summed E-state index contributed by atoms with van der Waals surface area (Å²) in [5.74, 6) is 0.239. The van der Waals surface area contributed by atoms with Gasteiger partial charge in [0.1, 0.15) is 0 Å². The first-order valence-corrected chi connectivity index (χ1v) is 6.79. The number of aliphatic hydroxyl groups is 1. The number of nitrogens with zero attached hydrogens (tertiary/aromatic N) is 2. The van der Waals surface area contributed by atoms with E-state index in [1.165, 1.54) is 24.2 Å². The molecule has 1 unspecified atom stereocenters. The largest absolute Gasteiger partial charge is 0.396 e. The summed E-state index contributed by atoms with van der Waals surface area (Å²) in [5, 5.41) is 9.13. The summed E-state index contributed by atoms with van der Waals surface area (Å²) in [4.78, 5) is 4.88. The lowest BCUT2D eigenvalue weighted by Crippen LogP contribution is -2.43. The lowest BCUT2D eigenvalue weighted by atomic mass is 10.0. The van der Waals surface area contributed by atoms with Crippen molar-refractivity contribution in [1.82, 2.24) is 9.80 Å². The Kier molecular flexibility index (Phi) is 4.75. The molecule has 1 saturated heterocycles. The van der Waals surface area contributed by atoms with E-state index in [0.29, 0.717) is 0 Å². The molecule has 0 aromatic heterocycles. The fraction of sp³-hybridized carbons (Fsp3) is 0.600. The highest BCUT2D eigenvalue weighted by molar-refractivity contribution is 5.25. The van der Waals surface area contributed by atoms with E-state index in [4.69, 9.17) is 5.11 Å². The second-order valence-corrected chi connectivity index (χ2v) is 5.40. The standard InChI is InChI=1S/C15H24N2O/c1-13(12-18)15-5-3-14(4-6-15)11-17-9-7-16(2)8-10-17/h3-6,13,18H,7-12H2,1-2H3. The maximum Gasteiger partial charge on any atom is 0.0497 e. The maximum absolute atomic E-state index is 9.13. The van der Waals surface area contributed by atoms with Crippen LogP contribution in [0.4, 0.5) is 0 Å². The Balaban J connectivity index is 1.90. The third-order valence-corrected chi connectivity index (χ3v) is 3.82. The number of hydrogen-bond donors (Lipinski definition) is 1. The number of likely N-dealkylation sites (N-methyl/N-ethyl adjacent to an activating group) is 1. The van der Waals surface area contributed by atoms with Crippen LogP contribution in [0.5, 0.6) is 0 Å².